The van der Waals surface area contributed by atoms with Crippen molar-refractivity contribution in [3.63, 3.8) is 0 Å². The molecule has 0 spiro atoms. The average molecular weight is 237 g/mol. The highest BCUT2D eigenvalue weighted by atomic mass is 32.1. The Bertz CT molecular complexity index is 347. The van der Waals surface area contributed by atoms with Gasteiger partial charge in [0.05, 0.1) is 0 Å². The third-order valence-electron chi connectivity index (χ3n) is 2.74. The van der Waals surface area contributed by atoms with Gasteiger partial charge in [0, 0.05) is 24.1 Å². The summed E-state index contributed by atoms with van der Waals surface area (Å²) in [6.07, 6.45) is 1.09. The molecule has 0 heterocycles. The number of hydrogen-bond acceptors (Lipinski definition) is 2. The van der Waals surface area contributed by atoms with Crippen molar-refractivity contribution < 1.29 is 4.79 Å². The quantitative estimate of drug-likeness (QED) is 0.798. The monoisotopic (exact) mass is 237 g/mol. The second kappa shape index (κ2) is 5.94. The van der Waals surface area contributed by atoms with E-state index in [1.165, 1.54) is 0 Å². The van der Waals surface area contributed by atoms with Crippen LogP contribution in [0.2, 0.25) is 0 Å². The maximum atomic E-state index is 12.0. The highest BCUT2D eigenvalue weighted by molar-refractivity contribution is 7.80. The molecule has 0 aliphatic carbocycles. The van der Waals surface area contributed by atoms with Gasteiger partial charge in [-0.2, -0.15) is 0 Å². The first-order valence-corrected chi connectivity index (χ1v) is 6.03. The summed E-state index contributed by atoms with van der Waals surface area (Å²) in [5.41, 5.74) is 0.726. The fourth-order valence-electron chi connectivity index (χ4n) is 1.50. The number of benzene rings is 1. The van der Waals surface area contributed by atoms with Crippen molar-refractivity contribution in [1.82, 2.24) is 4.90 Å². The molecule has 0 aliphatic rings. The molecule has 0 fully saturated rings. The lowest BCUT2D eigenvalue weighted by Crippen LogP contribution is -2.30. The van der Waals surface area contributed by atoms with E-state index < -0.39 is 0 Å². The topological polar surface area (TPSA) is 20.3 Å². The molecule has 0 aliphatic heterocycles. The smallest absolute Gasteiger partial charge is 0.253 e. The van der Waals surface area contributed by atoms with Gasteiger partial charge in [0.15, 0.2) is 0 Å². The Morgan fingerprint density at radius 2 is 1.94 bits per heavy atom. The summed E-state index contributed by atoms with van der Waals surface area (Å²) < 4.78 is 0. The predicted octanol–water partition coefficient (Wildman–Crippen LogP) is 3.09. The normalized spacial score (nSPS) is 12.2. The number of hydrogen-bond donors (Lipinski definition) is 1. The van der Waals surface area contributed by atoms with Crippen molar-refractivity contribution in [2.75, 3.05) is 13.6 Å². The Labute approximate surface area is 103 Å². The van der Waals surface area contributed by atoms with E-state index in [2.05, 4.69) is 26.5 Å². The van der Waals surface area contributed by atoms with E-state index >= 15 is 0 Å². The lowest BCUT2D eigenvalue weighted by atomic mass is 10.1. The van der Waals surface area contributed by atoms with Gasteiger partial charge in [-0.3, -0.25) is 4.79 Å². The molecule has 1 rings (SSSR count). The number of rotatable bonds is 4. The van der Waals surface area contributed by atoms with Crippen molar-refractivity contribution in [1.29, 1.82) is 0 Å². The number of amides is 1. The fraction of sp³-hybridized carbons (Fsp3) is 0.462. The standard InChI is InChI=1S/C13H19NOS/c1-4-10(2)9-14(3)13(15)11-5-7-12(16)8-6-11/h5-8,10,16H,4,9H2,1-3H3. The molecule has 1 aromatic rings. The zero-order chi connectivity index (χ0) is 12.1. The van der Waals surface area contributed by atoms with Crippen LogP contribution in [-0.4, -0.2) is 24.4 Å². The van der Waals surface area contributed by atoms with E-state index in [1.54, 1.807) is 4.90 Å². The van der Waals surface area contributed by atoms with Gasteiger partial charge in [0.1, 0.15) is 0 Å². The van der Waals surface area contributed by atoms with Gasteiger partial charge >= 0.3 is 0 Å². The van der Waals surface area contributed by atoms with Crippen LogP contribution in [0, 0.1) is 5.92 Å². The summed E-state index contributed by atoms with van der Waals surface area (Å²) in [7, 11) is 1.85. The SMILES string of the molecule is CCC(C)CN(C)C(=O)c1ccc(S)cc1. The van der Waals surface area contributed by atoms with E-state index in [4.69, 9.17) is 0 Å². The Morgan fingerprint density at radius 1 is 1.38 bits per heavy atom. The minimum absolute atomic E-state index is 0.0774. The minimum Gasteiger partial charge on any atom is -0.341 e. The van der Waals surface area contributed by atoms with Gasteiger partial charge < -0.3 is 4.90 Å². The van der Waals surface area contributed by atoms with Crippen LogP contribution in [0.4, 0.5) is 0 Å². The first-order valence-electron chi connectivity index (χ1n) is 5.59. The first-order chi connectivity index (χ1) is 7.54. The number of carbonyl (C=O) groups excluding carboxylic acids is 1. The highest BCUT2D eigenvalue weighted by Gasteiger charge is 2.13. The summed E-state index contributed by atoms with van der Waals surface area (Å²) in [5, 5.41) is 0. The molecule has 3 heteroatoms. The van der Waals surface area contributed by atoms with Crippen molar-refractivity contribution in [3.05, 3.63) is 29.8 Å². The summed E-state index contributed by atoms with van der Waals surface area (Å²) >= 11 is 4.20. The predicted molar refractivity (Wildman–Crippen MR) is 70.1 cm³/mol. The molecule has 1 unspecified atom stereocenters. The Balaban J connectivity index is 2.67. The van der Waals surface area contributed by atoms with Gasteiger partial charge in [0.25, 0.3) is 5.91 Å². The van der Waals surface area contributed by atoms with Gasteiger partial charge in [-0.05, 0) is 30.2 Å². The number of nitrogens with zero attached hydrogens (tertiary/aromatic N) is 1. The molecule has 0 saturated carbocycles. The van der Waals surface area contributed by atoms with Crippen LogP contribution in [0.25, 0.3) is 0 Å². The third-order valence-corrected chi connectivity index (χ3v) is 3.04. The Hall–Kier alpha value is -0.960. The van der Waals surface area contributed by atoms with E-state index in [-0.39, 0.29) is 5.91 Å². The van der Waals surface area contributed by atoms with Gasteiger partial charge in [0.2, 0.25) is 0 Å². The molecule has 0 radical (unpaired) electrons. The van der Waals surface area contributed by atoms with Crippen LogP contribution in [-0.2, 0) is 0 Å². The summed E-state index contributed by atoms with van der Waals surface area (Å²) in [6.45, 7) is 5.09. The molecule has 16 heavy (non-hydrogen) atoms. The minimum atomic E-state index is 0.0774. The van der Waals surface area contributed by atoms with E-state index in [0.29, 0.717) is 5.92 Å². The lowest BCUT2D eigenvalue weighted by Gasteiger charge is -2.20. The average Bonchev–Trinajstić information content (AvgIpc) is 2.28. The zero-order valence-corrected chi connectivity index (χ0v) is 11.0. The number of carbonyl (C=O) groups is 1. The van der Waals surface area contributed by atoms with Gasteiger partial charge in [-0.15, -0.1) is 12.6 Å². The van der Waals surface area contributed by atoms with Crippen LogP contribution in [0.3, 0.4) is 0 Å². The van der Waals surface area contributed by atoms with E-state index in [1.807, 2.05) is 31.3 Å². The lowest BCUT2D eigenvalue weighted by molar-refractivity contribution is 0.0775. The van der Waals surface area contributed by atoms with Gasteiger partial charge in [-0.25, -0.2) is 0 Å². The van der Waals surface area contributed by atoms with Gasteiger partial charge in [-0.1, -0.05) is 20.3 Å². The molecule has 1 aromatic carbocycles. The molecule has 88 valence electrons. The van der Waals surface area contributed by atoms with Crippen LogP contribution in [0.5, 0.6) is 0 Å². The second-order valence-corrected chi connectivity index (χ2v) is 4.76. The third kappa shape index (κ3) is 3.56. The second-order valence-electron chi connectivity index (χ2n) is 4.25. The van der Waals surface area contributed by atoms with E-state index in [9.17, 15) is 4.79 Å². The molecule has 0 N–H and O–H groups in total. The van der Waals surface area contributed by atoms with Crippen LogP contribution in [0.1, 0.15) is 30.6 Å². The largest absolute Gasteiger partial charge is 0.341 e. The maximum Gasteiger partial charge on any atom is 0.253 e. The summed E-state index contributed by atoms with van der Waals surface area (Å²) in [6, 6.07) is 7.32. The van der Waals surface area contributed by atoms with Crippen LogP contribution >= 0.6 is 12.6 Å². The van der Waals surface area contributed by atoms with Crippen LogP contribution in [0.15, 0.2) is 29.2 Å². The highest BCUT2D eigenvalue weighted by Crippen LogP contribution is 2.11. The molecule has 0 aromatic heterocycles. The Morgan fingerprint density at radius 3 is 2.44 bits per heavy atom. The molecule has 0 saturated heterocycles. The molecule has 2 nitrogen and oxygen atoms in total. The van der Waals surface area contributed by atoms with E-state index in [0.717, 1.165) is 23.4 Å². The van der Waals surface area contributed by atoms with Crippen molar-refractivity contribution >= 4 is 18.5 Å². The molecule has 1 amide bonds. The number of thiol groups is 1. The molecular weight excluding hydrogens is 218 g/mol. The summed E-state index contributed by atoms with van der Waals surface area (Å²) in [4.78, 5) is 14.7. The molecule has 1 atom stereocenters. The zero-order valence-electron chi connectivity index (χ0n) is 10.1. The maximum absolute atomic E-state index is 12.0. The van der Waals surface area contributed by atoms with Crippen LogP contribution < -0.4 is 0 Å². The first kappa shape index (κ1) is 13.1. The fourth-order valence-corrected chi connectivity index (χ4v) is 1.65. The molecule has 0 bridgehead atoms. The molecular formula is C13H19NOS. The Kier molecular flexibility index (Phi) is 4.87. The summed E-state index contributed by atoms with van der Waals surface area (Å²) in [5.74, 6) is 0.617. The van der Waals surface area contributed by atoms with Crippen molar-refractivity contribution in [2.45, 2.75) is 25.2 Å². The van der Waals surface area contributed by atoms with Crippen molar-refractivity contribution in [3.8, 4) is 0 Å². The van der Waals surface area contributed by atoms with Crippen molar-refractivity contribution in [2.24, 2.45) is 5.92 Å².